The summed E-state index contributed by atoms with van der Waals surface area (Å²) in [5.74, 6) is 0.648. The van der Waals surface area contributed by atoms with Gasteiger partial charge in [-0.25, -0.2) is 0 Å². The Balaban J connectivity index is 1.59. The molecule has 0 atom stereocenters. The summed E-state index contributed by atoms with van der Waals surface area (Å²) >= 11 is 0. The summed E-state index contributed by atoms with van der Waals surface area (Å²) in [6.45, 7) is 2.29. The van der Waals surface area contributed by atoms with Gasteiger partial charge in [-0.15, -0.1) is 10.2 Å². The Morgan fingerprint density at radius 2 is 1.74 bits per heavy atom. The summed E-state index contributed by atoms with van der Waals surface area (Å²) in [7, 11) is 0. The second-order valence-electron chi connectivity index (χ2n) is 5.72. The third kappa shape index (κ3) is 4.25. The van der Waals surface area contributed by atoms with Gasteiger partial charge in [0.15, 0.2) is 5.69 Å². The van der Waals surface area contributed by atoms with Crippen LogP contribution in [0.25, 0.3) is 0 Å². The van der Waals surface area contributed by atoms with Gasteiger partial charge in [-0.3, -0.25) is 9.78 Å². The summed E-state index contributed by atoms with van der Waals surface area (Å²) in [5, 5.41) is 11.4. The maximum absolute atomic E-state index is 12.4. The van der Waals surface area contributed by atoms with Crippen LogP contribution in [0, 0.1) is 0 Å². The van der Waals surface area contributed by atoms with E-state index in [2.05, 4.69) is 20.5 Å². The Morgan fingerprint density at radius 3 is 2.39 bits per heavy atom. The van der Waals surface area contributed by atoms with Crippen molar-refractivity contribution in [2.24, 2.45) is 0 Å². The molecule has 6 heteroatoms. The number of hydrogen-bond acceptors (Lipinski definition) is 5. The molecular weight excluding hydrogens is 290 g/mol. The van der Waals surface area contributed by atoms with Crippen molar-refractivity contribution in [3.8, 4) is 0 Å². The van der Waals surface area contributed by atoms with Crippen molar-refractivity contribution in [2.75, 3.05) is 18.4 Å². The van der Waals surface area contributed by atoms with E-state index in [0.29, 0.717) is 18.1 Å². The smallest absolute Gasteiger partial charge is 0.274 e. The number of carbonyl (C=O) groups is 1. The van der Waals surface area contributed by atoms with Gasteiger partial charge in [0.1, 0.15) is 5.82 Å². The molecule has 1 N–H and O–H groups in total. The normalized spacial score (nSPS) is 15.0. The molecule has 2 aromatic rings. The molecular formula is C17H21N5O. The van der Waals surface area contributed by atoms with Gasteiger partial charge >= 0.3 is 0 Å². The van der Waals surface area contributed by atoms with Crippen LogP contribution in [0.4, 0.5) is 5.82 Å². The number of rotatable bonds is 4. The van der Waals surface area contributed by atoms with E-state index in [1.807, 2.05) is 17.0 Å². The van der Waals surface area contributed by atoms with E-state index in [1.54, 1.807) is 24.5 Å². The highest BCUT2D eigenvalue weighted by molar-refractivity contribution is 5.92. The fraction of sp³-hybridized carbons (Fsp3) is 0.412. The number of hydrogen-bond donors (Lipinski definition) is 1. The zero-order valence-corrected chi connectivity index (χ0v) is 13.1. The van der Waals surface area contributed by atoms with Gasteiger partial charge in [-0.2, -0.15) is 0 Å². The standard InChI is InChI=1S/C17H21N5O/c23-17(22-11-3-1-2-4-12-22)15-5-6-16(21-20-15)19-13-14-7-9-18-10-8-14/h5-10H,1-4,11-13H2,(H,19,21). The monoisotopic (exact) mass is 311 g/mol. The van der Waals surface area contributed by atoms with Crippen molar-refractivity contribution in [3.63, 3.8) is 0 Å². The first-order valence-corrected chi connectivity index (χ1v) is 8.09. The lowest BCUT2D eigenvalue weighted by molar-refractivity contribution is 0.0754. The summed E-state index contributed by atoms with van der Waals surface area (Å²) in [5.41, 5.74) is 1.54. The Hall–Kier alpha value is -2.50. The molecule has 6 nitrogen and oxygen atoms in total. The van der Waals surface area contributed by atoms with Gasteiger partial charge in [0.2, 0.25) is 0 Å². The first-order chi connectivity index (χ1) is 11.3. The Labute approximate surface area is 136 Å². The molecule has 120 valence electrons. The minimum Gasteiger partial charge on any atom is -0.365 e. The molecule has 0 aromatic carbocycles. The van der Waals surface area contributed by atoms with Crippen LogP contribution < -0.4 is 5.32 Å². The summed E-state index contributed by atoms with van der Waals surface area (Å²) in [6.07, 6.45) is 8.06. The Kier molecular flexibility index (Phi) is 5.13. The van der Waals surface area contributed by atoms with Crippen LogP contribution in [0.5, 0.6) is 0 Å². The summed E-state index contributed by atoms with van der Waals surface area (Å²) in [6, 6.07) is 7.43. The number of nitrogens with one attached hydrogen (secondary N) is 1. The zero-order chi connectivity index (χ0) is 15.9. The predicted octanol–water partition coefficient (Wildman–Crippen LogP) is 2.50. The lowest BCUT2D eigenvalue weighted by atomic mass is 10.2. The molecule has 1 fully saturated rings. The Morgan fingerprint density at radius 1 is 1.00 bits per heavy atom. The number of carbonyl (C=O) groups excluding carboxylic acids is 1. The molecule has 3 heterocycles. The first kappa shape index (κ1) is 15.4. The van der Waals surface area contributed by atoms with Crippen LogP contribution in [-0.4, -0.2) is 39.1 Å². The van der Waals surface area contributed by atoms with Gasteiger partial charge in [0.05, 0.1) is 0 Å². The second-order valence-corrected chi connectivity index (χ2v) is 5.72. The molecule has 0 saturated carbocycles. The molecule has 23 heavy (non-hydrogen) atoms. The molecule has 0 unspecified atom stereocenters. The van der Waals surface area contributed by atoms with E-state index in [1.165, 1.54) is 12.8 Å². The highest BCUT2D eigenvalue weighted by Gasteiger charge is 2.18. The highest BCUT2D eigenvalue weighted by atomic mass is 16.2. The topological polar surface area (TPSA) is 71.0 Å². The van der Waals surface area contributed by atoms with Crippen LogP contribution in [0.1, 0.15) is 41.7 Å². The van der Waals surface area contributed by atoms with Crippen molar-refractivity contribution in [2.45, 2.75) is 32.2 Å². The van der Waals surface area contributed by atoms with Gasteiger partial charge in [0.25, 0.3) is 5.91 Å². The highest BCUT2D eigenvalue weighted by Crippen LogP contribution is 2.13. The first-order valence-electron chi connectivity index (χ1n) is 8.09. The third-order valence-electron chi connectivity index (χ3n) is 4.00. The van der Waals surface area contributed by atoms with Crippen molar-refractivity contribution in [1.29, 1.82) is 0 Å². The average Bonchev–Trinajstić information content (AvgIpc) is 2.90. The third-order valence-corrected chi connectivity index (χ3v) is 4.00. The predicted molar refractivity (Wildman–Crippen MR) is 88.0 cm³/mol. The zero-order valence-electron chi connectivity index (χ0n) is 13.1. The van der Waals surface area contributed by atoms with Crippen LogP contribution >= 0.6 is 0 Å². The quantitative estimate of drug-likeness (QED) is 0.939. The fourth-order valence-corrected chi connectivity index (χ4v) is 2.67. The van der Waals surface area contributed by atoms with Gasteiger partial charge < -0.3 is 10.2 Å². The molecule has 1 amide bonds. The largest absolute Gasteiger partial charge is 0.365 e. The lowest BCUT2D eigenvalue weighted by Gasteiger charge is -2.19. The molecule has 0 bridgehead atoms. The van der Waals surface area contributed by atoms with Crippen LogP contribution in [-0.2, 0) is 6.54 Å². The van der Waals surface area contributed by atoms with Gasteiger partial charge in [-0.1, -0.05) is 12.8 Å². The second kappa shape index (κ2) is 7.67. The van der Waals surface area contributed by atoms with Gasteiger partial charge in [0, 0.05) is 32.0 Å². The SMILES string of the molecule is O=C(c1ccc(NCc2ccncc2)nn1)N1CCCCCC1. The van der Waals surface area contributed by atoms with E-state index < -0.39 is 0 Å². The molecule has 3 rings (SSSR count). The molecule has 0 spiro atoms. The maximum atomic E-state index is 12.4. The van der Waals surface area contributed by atoms with Crippen LogP contribution in [0.15, 0.2) is 36.7 Å². The number of amides is 1. The van der Waals surface area contributed by atoms with Crippen molar-refractivity contribution in [3.05, 3.63) is 47.9 Å². The minimum absolute atomic E-state index is 0.0138. The van der Waals surface area contributed by atoms with Crippen LogP contribution in [0.3, 0.4) is 0 Å². The molecule has 1 aliphatic rings. The lowest BCUT2D eigenvalue weighted by Crippen LogP contribution is -2.32. The minimum atomic E-state index is -0.0138. The van der Waals surface area contributed by atoms with E-state index in [9.17, 15) is 4.79 Å². The summed E-state index contributed by atoms with van der Waals surface area (Å²) in [4.78, 5) is 18.3. The van der Waals surface area contributed by atoms with Crippen molar-refractivity contribution >= 4 is 11.7 Å². The number of nitrogens with zero attached hydrogens (tertiary/aromatic N) is 4. The van der Waals surface area contributed by atoms with Crippen LogP contribution in [0.2, 0.25) is 0 Å². The van der Waals surface area contributed by atoms with Gasteiger partial charge in [-0.05, 0) is 42.7 Å². The van der Waals surface area contributed by atoms with E-state index >= 15 is 0 Å². The van der Waals surface area contributed by atoms with Crippen molar-refractivity contribution < 1.29 is 4.79 Å². The summed E-state index contributed by atoms with van der Waals surface area (Å²) < 4.78 is 0. The molecule has 2 aromatic heterocycles. The van der Waals surface area contributed by atoms with E-state index in [0.717, 1.165) is 31.5 Å². The molecule has 1 saturated heterocycles. The van der Waals surface area contributed by atoms with E-state index in [4.69, 9.17) is 0 Å². The Bertz CT molecular complexity index is 621. The van der Waals surface area contributed by atoms with Crippen molar-refractivity contribution in [1.82, 2.24) is 20.1 Å². The maximum Gasteiger partial charge on any atom is 0.274 e. The van der Waals surface area contributed by atoms with E-state index in [-0.39, 0.29) is 5.91 Å². The molecule has 0 radical (unpaired) electrons. The number of anilines is 1. The average molecular weight is 311 g/mol. The molecule has 1 aliphatic heterocycles. The number of likely N-dealkylation sites (tertiary alicyclic amines) is 1. The fourth-order valence-electron chi connectivity index (χ4n) is 2.67. The number of pyridine rings is 1. The number of aromatic nitrogens is 3. The molecule has 0 aliphatic carbocycles.